The van der Waals surface area contributed by atoms with Gasteiger partial charge in [0.05, 0.1) is 5.60 Å². The van der Waals surface area contributed by atoms with Crippen molar-refractivity contribution in [3.63, 3.8) is 0 Å². The first-order valence-corrected chi connectivity index (χ1v) is 5.13. The monoisotopic (exact) mass is 200 g/mol. The predicted molar refractivity (Wildman–Crippen MR) is 45.5 cm³/mol. The van der Waals surface area contributed by atoms with Gasteiger partial charge in [-0.2, -0.15) is 0 Å². The Morgan fingerprint density at radius 3 is 1.50 bits per heavy atom. The van der Waals surface area contributed by atoms with Crippen LogP contribution in [-0.4, -0.2) is 25.4 Å². The molecule has 0 saturated heterocycles. The summed E-state index contributed by atoms with van der Waals surface area (Å²) in [6.07, 6.45) is 1.95. The molecular formula is C6H17O5P. The minimum absolute atomic E-state index is 0.450. The van der Waals surface area contributed by atoms with E-state index in [0.717, 1.165) is 12.8 Å². The average Bonchev–Trinajstić information content (AvgIpc) is 1.54. The van der Waals surface area contributed by atoms with E-state index in [1.165, 1.54) is 0 Å². The van der Waals surface area contributed by atoms with Crippen molar-refractivity contribution in [3.05, 3.63) is 0 Å². The number of phosphoric acid groups is 1. The highest BCUT2D eigenvalue weighted by Crippen LogP contribution is 2.25. The van der Waals surface area contributed by atoms with Crippen LogP contribution in [-0.2, 0) is 4.57 Å². The summed E-state index contributed by atoms with van der Waals surface area (Å²) >= 11 is 0. The van der Waals surface area contributed by atoms with Gasteiger partial charge in [0.15, 0.2) is 0 Å². The molecule has 0 heterocycles. The number of hydrogen-bond acceptors (Lipinski definition) is 2. The van der Waals surface area contributed by atoms with Gasteiger partial charge in [-0.25, -0.2) is 4.57 Å². The standard InChI is InChI=1S/C6H14O.H3O4P/c1-4-5-6(2,3)7;1-5(2,3)4/h7H,4-5H2,1-3H3;(H3,1,2,3,4). The highest BCUT2D eigenvalue weighted by molar-refractivity contribution is 7.45. The zero-order valence-electron chi connectivity index (χ0n) is 7.56. The summed E-state index contributed by atoms with van der Waals surface area (Å²) < 4.78 is 8.88. The van der Waals surface area contributed by atoms with E-state index in [1.54, 1.807) is 0 Å². The Hall–Kier alpha value is 0.0700. The second kappa shape index (κ2) is 5.67. The van der Waals surface area contributed by atoms with E-state index in [0.29, 0.717) is 0 Å². The quantitative estimate of drug-likeness (QED) is 0.490. The Bertz CT molecular complexity index is 136. The van der Waals surface area contributed by atoms with Crippen LogP contribution in [0.25, 0.3) is 0 Å². The first-order valence-electron chi connectivity index (χ1n) is 3.57. The number of rotatable bonds is 2. The van der Waals surface area contributed by atoms with E-state index in [2.05, 4.69) is 6.92 Å². The van der Waals surface area contributed by atoms with Crippen LogP contribution in [0.1, 0.15) is 33.6 Å². The SMILES string of the molecule is CCCC(C)(C)O.O=P(O)(O)O. The molecule has 5 nitrogen and oxygen atoms in total. The van der Waals surface area contributed by atoms with Crippen LogP contribution in [0.5, 0.6) is 0 Å². The molecule has 0 aromatic carbocycles. The summed E-state index contributed by atoms with van der Waals surface area (Å²) in [6.45, 7) is 5.73. The summed E-state index contributed by atoms with van der Waals surface area (Å²) in [7, 11) is -4.64. The first-order chi connectivity index (χ1) is 5.06. The van der Waals surface area contributed by atoms with Crippen LogP contribution in [0.15, 0.2) is 0 Å². The van der Waals surface area contributed by atoms with E-state index in [1.807, 2.05) is 13.8 Å². The summed E-state index contributed by atoms with van der Waals surface area (Å²) in [6, 6.07) is 0. The summed E-state index contributed by atoms with van der Waals surface area (Å²) in [5.41, 5.74) is -0.450. The Morgan fingerprint density at radius 2 is 1.50 bits per heavy atom. The van der Waals surface area contributed by atoms with Crippen LogP contribution in [0.3, 0.4) is 0 Å². The van der Waals surface area contributed by atoms with Crippen LogP contribution < -0.4 is 0 Å². The molecule has 6 heteroatoms. The highest BCUT2D eigenvalue weighted by Gasteiger charge is 2.08. The van der Waals surface area contributed by atoms with Crippen LogP contribution in [0.2, 0.25) is 0 Å². The van der Waals surface area contributed by atoms with Crippen LogP contribution >= 0.6 is 7.82 Å². The maximum atomic E-state index is 9.02. The molecule has 0 atom stereocenters. The Kier molecular flexibility index (Phi) is 6.89. The molecular weight excluding hydrogens is 183 g/mol. The van der Waals surface area contributed by atoms with Crippen molar-refractivity contribution in [3.8, 4) is 0 Å². The molecule has 0 unspecified atom stereocenters. The summed E-state index contributed by atoms with van der Waals surface area (Å²) in [5.74, 6) is 0. The third kappa shape index (κ3) is 50.0. The molecule has 12 heavy (non-hydrogen) atoms. The maximum absolute atomic E-state index is 9.02. The molecule has 0 bridgehead atoms. The van der Waals surface area contributed by atoms with Gasteiger partial charge in [-0.15, -0.1) is 0 Å². The molecule has 0 rings (SSSR count). The minimum atomic E-state index is -4.64. The molecule has 0 fully saturated rings. The van der Waals surface area contributed by atoms with E-state index in [9.17, 15) is 0 Å². The predicted octanol–water partition coefficient (Wildman–Crippen LogP) is 0.629. The van der Waals surface area contributed by atoms with Gasteiger partial charge < -0.3 is 19.8 Å². The lowest BCUT2D eigenvalue weighted by Gasteiger charge is -2.14. The lowest BCUT2D eigenvalue weighted by Crippen LogP contribution is -2.16. The number of aliphatic hydroxyl groups is 1. The van der Waals surface area contributed by atoms with Gasteiger partial charge in [0.25, 0.3) is 0 Å². The summed E-state index contributed by atoms with van der Waals surface area (Å²) in [5, 5.41) is 9.02. The molecule has 0 aliphatic carbocycles. The average molecular weight is 200 g/mol. The van der Waals surface area contributed by atoms with Gasteiger partial charge in [-0.05, 0) is 20.3 Å². The Morgan fingerprint density at radius 1 is 1.25 bits per heavy atom. The minimum Gasteiger partial charge on any atom is -0.390 e. The van der Waals surface area contributed by atoms with Crippen molar-refractivity contribution >= 4 is 7.82 Å². The van der Waals surface area contributed by atoms with Crippen molar-refractivity contribution in [2.45, 2.75) is 39.2 Å². The fourth-order valence-electron chi connectivity index (χ4n) is 0.612. The zero-order valence-corrected chi connectivity index (χ0v) is 8.45. The molecule has 0 spiro atoms. The van der Waals surface area contributed by atoms with Crippen LogP contribution in [0.4, 0.5) is 0 Å². The maximum Gasteiger partial charge on any atom is 0.466 e. The van der Waals surface area contributed by atoms with Gasteiger partial charge in [-0.1, -0.05) is 13.3 Å². The fraction of sp³-hybridized carbons (Fsp3) is 1.00. The van der Waals surface area contributed by atoms with Gasteiger partial charge in [0.2, 0.25) is 0 Å². The highest BCUT2D eigenvalue weighted by atomic mass is 31.2. The van der Waals surface area contributed by atoms with E-state index in [4.69, 9.17) is 24.4 Å². The van der Waals surface area contributed by atoms with Crippen LogP contribution in [0, 0.1) is 0 Å². The topological polar surface area (TPSA) is 98.0 Å². The second-order valence-corrected chi connectivity index (χ2v) is 4.10. The molecule has 76 valence electrons. The number of hydrogen-bond donors (Lipinski definition) is 4. The van der Waals surface area contributed by atoms with Crippen molar-refractivity contribution < 1.29 is 24.4 Å². The van der Waals surface area contributed by atoms with E-state index in [-0.39, 0.29) is 0 Å². The largest absolute Gasteiger partial charge is 0.466 e. The van der Waals surface area contributed by atoms with Gasteiger partial charge >= 0.3 is 7.82 Å². The Balaban J connectivity index is 0. The molecule has 0 aliphatic heterocycles. The lowest BCUT2D eigenvalue weighted by atomic mass is 10.0. The molecule has 0 aromatic rings. The zero-order chi connectivity index (χ0) is 10.4. The van der Waals surface area contributed by atoms with Gasteiger partial charge in [0.1, 0.15) is 0 Å². The molecule has 0 saturated carbocycles. The van der Waals surface area contributed by atoms with E-state index < -0.39 is 13.4 Å². The molecule has 0 aromatic heterocycles. The normalized spacial score (nSPS) is 11.9. The van der Waals surface area contributed by atoms with Crippen molar-refractivity contribution in [1.82, 2.24) is 0 Å². The first kappa shape index (κ1) is 14.6. The lowest BCUT2D eigenvalue weighted by molar-refractivity contribution is 0.0703. The molecule has 0 radical (unpaired) electrons. The molecule has 0 amide bonds. The molecule has 4 N–H and O–H groups in total. The van der Waals surface area contributed by atoms with E-state index >= 15 is 0 Å². The van der Waals surface area contributed by atoms with Crippen molar-refractivity contribution in [2.24, 2.45) is 0 Å². The Labute approximate surface area is 72.3 Å². The third-order valence-corrected chi connectivity index (χ3v) is 0.862. The second-order valence-electron chi connectivity index (χ2n) is 3.08. The smallest absolute Gasteiger partial charge is 0.390 e. The van der Waals surface area contributed by atoms with Gasteiger partial charge in [0, 0.05) is 0 Å². The third-order valence-electron chi connectivity index (χ3n) is 0.862. The van der Waals surface area contributed by atoms with Crippen molar-refractivity contribution in [2.75, 3.05) is 0 Å². The summed E-state index contributed by atoms with van der Waals surface area (Å²) in [4.78, 5) is 21.6. The molecule has 0 aliphatic rings. The van der Waals surface area contributed by atoms with Crippen molar-refractivity contribution in [1.29, 1.82) is 0 Å². The fourth-order valence-corrected chi connectivity index (χ4v) is 0.612. The van der Waals surface area contributed by atoms with Gasteiger partial charge in [-0.3, -0.25) is 0 Å².